The van der Waals surface area contributed by atoms with Gasteiger partial charge in [0.2, 0.25) is 0 Å². The van der Waals surface area contributed by atoms with Crippen LogP contribution in [0.4, 0.5) is 10.6 Å². The molecule has 4 N–H and O–H groups in total. The molecule has 162 valence electrons. The first-order valence-corrected chi connectivity index (χ1v) is 10.6. The Kier molecular flexibility index (Phi) is 6.19. The maximum Gasteiger partial charge on any atom is 0.315 e. The number of pyridine rings is 1. The van der Waals surface area contributed by atoms with Gasteiger partial charge >= 0.3 is 6.03 Å². The molecule has 0 aliphatic carbocycles. The van der Waals surface area contributed by atoms with Gasteiger partial charge in [0.05, 0.1) is 17.4 Å². The first-order chi connectivity index (χ1) is 14.1. The fraction of sp³-hybridized carbons (Fsp3) is 0.522. The third kappa shape index (κ3) is 5.40. The topological polar surface area (TPSA) is 97.9 Å². The molecule has 0 aliphatic heterocycles. The molecule has 0 saturated carbocycles. The van der Waals surface area contributed by atoms with Crippen LogP contribution in [0.3, 0.4) is 0 Å². The number of nitrogens with two attached hydrogens (primary N) is 1. The number of anilines is 1. The zero-order valence-electron chi connectivity index (χ0n) is 18.7. The number of fused-ring (bicyclic) bond motifs is 3. The van der Waals surface area contributed by atoms with E-state index in [-0.39, 0.29) is 17.0 Å². The molecule has 0 aliphatic rings. The largest absolute Gasteiger partial charge is 0.382 e. The van der Waals surface area contributed by atoms with Crippen LogP contribution in [-0.4, -0.2) is 32.6 Å². The summed E-state index contributed by atoms with van der Waals surface area (Å²) in [6.45, 7) is 12.1. The number of para-hydroxylation sites is 1. The van der Waals surface area contributed by atoms with Crippen LogP contribution in [-0.2, 0) is 6.54 Å². The number of rotatable bonds is 7. The minimum Gasteiger partial charge on any atom is -0.382 e. The summed E-state index contributed by atoms with van der Waals surface area (Å²) in [6, 6.07) is 7.86. The number of nitrogens with one attached hydrogen (secondary N) is 2. The maximum atomic E-state index is 12.2. The number of unbranched alkanes of at least 4 members (excludes halogenated alkanes) is 1. The van der Waals surface area contributed by atoms with Gasteiger partial charge in [-0.15, -0.1) is 0 Å². The van der Waals surface area contributed by atoms with Crippen LogP contribution in [0.1, 0.15) is 53.9 Å². The van der Waals surface area contributed by atoms with Crippen molar-refractivity contribution in [2.45, 2.75) is 66.0 Å². The second-order valence-electron chi connectivity index (χ2n) is 9.86. The summed E-state index contributed by atoms with van der Waals surface area (Å²) in [5.74, 6) is 0.457. The average Bonchev–Trinajstić information content (AvgIpc) is 3.04. The minimum atomic E-state index is -0.243. The Hall–Kier alpha value is -2.83. The molecule has 0 fully saturated rings. The quantitative estimate of drug-likeness (QED) is 0.501. The van der Waals surface area contributed by atoms with Crippen molar-refractivity contribution in [1.82, 2.24) is 25.2 Å². The number of carbonyl (C=O) groups excluding carboxylic acids is 1. The van der Waals surface area contributed by atoms with Gasteiger partial charge in [-0.2, -0.15) is 0 Å². The summed E-state index contributed by atoms with van der Waals surface area (Å²) in [7, 11) is 0. The summed E-state index contributed by atoms with van der Waals surface area (Å²) in [5, 5.41) is 7.11. The molecule has 0 saturated heterocycles. The molecule has 2 heterocycles. The molecule has 3 rings (SSSR count). The second kappa shape index (κ2) is 8.50. The van der Waals surface area contributed by atoms with Crippen LogP contribution < -0.4 is 16.4 Å². The Balaban J connectivity index is 1.53. The second-order valence-corrected chi connectivity index (χ2v) is 9.86. The van der Waals surface area contributed by atoms with Crippen molar-refractivity contribution in [1.29, 1.82) is 0 Å². The predicted octanol–water partition coefficient (Wildman–Crippen LogP) is 4.46. The van der Waals surface area contributed by atoms with Crippen LogP contribution in [0.15, 0.2) is 30.6 Å². The normalized spacial score (nSPS) is 12.4. The Morgan fingerprint density at radius 1 is 1.13 bits per heavy atom. The SMILES string of the molecule is CC(C)(C)CC(C)(C)NC(=O)NCCCCn1cnc2c(N)nc3ccccc3c21. The van der Waals surface area contributed by atoms with E-state index in [1.807, 2.05) is 30.6 Å². The monoisotopic (exact) mass is 410 g/mol. The highest BCUT2D eigenvalue weighted by atomic mass is 16.2. The molecule has 2 aromatic heterocycles. The fourth-order valence-corrected chi connectivity index (χ4v) is 4.31. The van der Waals surface area contributed by atoms with Crippen LogP contribution in [0, 0.1) is 5.41 Å². The molecule has 30 heavy (non-hydrogen) atoms. The summed E-state index contributed by atoms with van der Waals surface area (Å²) in [5.41, 5.74) is 8.65. The van der Waals surface area contributed by atoms with Crippen LogP contribution in [0.2, 0.25) is 0 Å². The molecule has 3 aromatic rings. The number of nitrogens with zero attached hydrogens (tertiary/aromatic N) is 3. The first-order valence-electron chi connectivity index (χ1n) is 10.6. The molecular formula is C23H34N6O. The van der Waals surface area contributed by atoms with Gasteiger partial charge in [-0.1, -0.05) is 39.0 Å². The average molecular weight is 411 g/mol. The van der Waals surface area contributed by atoms with E-state index in [1.54, 1.807) is 0 Å². The molecule has 1 aromatic carbocycles. The van der Waals surface area contributed by atoms with E-state index in [9.17, 15) is 4.79 Å². The number of imidazole rings is 1. The van der Waals surface area contributed by atoms with Gasteiger partial charge in [0.15, 0.2) is 5.82 Å². The molecule has 0 unspecified atom stereocenters. The van der Waals surface area contributed by atoms with Gasteiger partial charge in [-0.05, 0) is 44.6 Å². The predicted molar refractivity (Wildman–Crippen MR) is 123 cm³/mol. The summed E-state index contributed by atoms with van der Waals surface area (Å²) in [4.78, 5) is 21.1. The van der Waals surface area contributed by atoms with Crippen molar-refractivity contribution in [2.75, 3.05) is 12.3 Å². The highest BCUT2D eigenvalue weighted by Gasteiger charge is 2.26. The number of nitrogen functional groups attached to an aromatic ring is 1. The number of aryl methyl sites for hydroxylation is 1. The highest BCUT2D eigenvalue weighted by molar-refractivity contribution is 6.06. The molecule has 0 atom stereocenters. The Morgan fingerprint density at radius 2 is 1.87 bits per heavy atom. The third-order valence-corrected chi connectivity index (χ3v) is 5.02. The van der Waals surface area contributed by atoms with Gasteiger partial charge in [0.25, 0.3) is 0 Å². The number of carbonyl (C=O) groups is 1. The van der Waals surface area contributed by atoms with Gasteiger partial charge in [0, 0.05) is 24.0 Å². The lowest BCUT2D eigenvalue weighted by Gasteiger charge is -2.33. The van der Waals surface area contributed by atoms with E-state index in [2.05, 4.69) is 59.8 Å². The van der Waals surface area contributed by atoms with Crippen molar-refractivity contribution in [2.24, 2.45) is 5.41 Å². The van der Waals surface area contributed by atoms with E-state index in [4.69, 9.17) is 5.73 Å². The minimum absolute atomic E-state index is 0.109. The van der Waals surface area contributed by atoms with E-state index in [0.29, 0.717) is 12.4 Å². The first kappa shape index (κ1) is 21.9. The molecule has 0 bridgehead atoms. The van der Waals surface area contributed by atoms with E-state index in [1.165, 1.54) is 0 Å². The zero-order valence-corrected chi connectivity index (χ0v) is 18.7. The van der Waals surface area contributed by atoms with E-state index in [0.717, 1.165) is 47.7 Å². The molecule has 0 spiro atoms. The van der Waals surface area contributed by atoms with E-state index >= 15 is 0 Å². The van der Waals surface area contributed by atoms with E-state index < -0.39 is 0 Å². The highest BCUT2D eigenvalue weighted by Crippen LogP contribution is 2.28. The van der Waals surface area contributed by atoms with Crippen molar-refractivity contribution in [3.8, 4) is 0 Å². The molecule has 7 nitrogen and oxygen atoms in total. The number of aromatic nitrogens is 3. The number of amides is 2. The van der Waals surface area contributed by atoms with Crippen molar-refractivity contribution in [3.63, 3.8) is 0 Å². The van der Waals surface area contributed by atoms with Gasteiger partial charge in [-0.3, -0.25) is 0 Å². The van der Waals surface area contributed by atoms with Gasteiger partial charge in [0.1, 0.15) is 5.52 Å². The van der Waals surface area contributed by atoms with Crippen molar-refractivity contribution < 1.29 is 4.79 Å². The van der Waals surface area contributed by atoms with Gasteiger partial charge < -0.3 is 20.9 Å². The number of hydrogen-bond acceptors (Lipinski definition) is 4. The summed E-state index contributed by atoms with van der Waals surface area (Å²) >= 11 is 0. The zero-order chi connectivity index (χ0) is 21.9. The van der Waals surface area contributed by atoms with Gasteiger partial charge in [-0.25, -0.2) is 14.8 Å². The van der Waals surface area contributed by atoms with Crippen LogP contribution in [0.25, 0.3) is 21.9 Å². The lowest BCUT2D eigenvalue weighted by molar-refractivity contribution is 0.210. The molecular weight excluding hydrogens is 376 g/mol. The lowest BCUT2D eigenvalue weighted by atomic mass is 9.82. The maximum absolute atomic E-state index is 12.2. The standard InChI is InChI=1S/C23H34N6O/c1-22(2,3)14-23(4,5)28-21(30)25-12-8-9-13-29-15-26-18-19(29)16-10-6-7-11-17(16)27-20(18)24/h6-7,10-11,15H,8-9,12-14H2,1-5H3,(H2,24,27)(H2,25,28,30). The smallest absolute Gasteiger partial charge is 0.315 e. The molecule has 0 radical (unpaired) electrons. The third-order valence-electron chi connectivity index (χ3n) is 5.02. The number of hydrogen-bond donors (Lipinski definition) is 3. The Bertz CT molecular complexity index is 1030. The molecule has 7 heteroatoms. The number of benzene rings is 1. The molecule has 2 amide bonds. The lowest BCUT2D eigenvalue weighted by Crippen LogP contribution is -2.50. The Morgan fingerprint density at radius 3 is 2.60 bits per heavy atom. The number of urea groups is 1. The fourth-order valence-electron chi connectivity index (χ4n) is 4.31. The van der Waals surface area contributed by atoms with Crippen molar-refractivity contribution >= 4 is 33.8 Å². The summed E-state index contributed by atoms with van der Waals surface area (Å²) < 4.78 is 2.13. The summed E-state index contributed by atoms with van der Waals surface area (Å²) in [6.07, 6.45) is 4.54. The van der Waals surface area contributed by atoms with Crippen LogP contribution in [0.5, 0.6) is 0 Å². The van der Waals surface area contributed by atoms with Crippen molar-refractivity contribution in [3.05, 3.63) is 30.6 Å². The van der Waals surface area contributed by atoms with Crippen LogP contribution >= 0.6 is 0 Å². The Labute approximate surface area is 178 Å².